The second-order valence-corrected chi connectivity index (χ2v) is 8.47. The van der Waals surface area contributed by atoms with Gasteiger partial charge in [-0.25, -0.2) is 12.7 Å². The molecule has 1 amide bonds. The van der Waals surface area contributed by atoms with Gasteiger partial charge >= 0.3 is 0 Å². The van der Waals surface area contributed by atoms with Crippen LogP contribution in [0.2, 0.25) is 0 Å². The summed E-state index contributed by atoms with van der Waals surface area (Å²) in [6, 6.07) is 11.9. The minimum Gasteiger partial charge on any atom is -0.495 e. The monoisotopic (exact) mass is 376 g/mol. The Morgan fingerprint density at radius 3 is 2.35 bits per heavy atom. The van der Waals surface area contributed by atoms with Crippen LogP contribution >= 0.6 is 0 Å². The van der Waals surface area contributed by atoms with Crippen molar-refractivity contribution in [3.63, 3.8) is 0 Å². The maximum Gasteiger partial charge on any atom is 0.255 e. The predicted octanol–water partition coefficient (Wildman–Crippen LogP) is 3.32. The quantitative estimate of drug-likeness (QED) is 0.839. The molecule has 0 fully saturated rings. The highest BCUT2D eigenvalue weighted by Gasteiger charge is 2.24. The Bertz CT molecular complexity index is 906. The van der Waals surface area contributed by atoms with Gasteiger partial charge in [-0.05, 0) is 35.7 Å². The smallest absolute Gasteiger partial charge is 0.255 e. The van der Waals surface area contributed by atoms with Gasteiger partial charge in [0.15, 0.2) is 0 Å². The third kappa shape index (κ3) is 4.05. The SMILES string of the molecule is COc1ccc(C(=O)Nc2ccccc2C(C)C)cc1S(=O)(=O)N(C)C. The Kier molecular flexibility index (Phi) is 6.05. The Hall–Kier alpha value is -2.38. The van der Waals surface area contributed by atoms with Gasteiger partial charge in [0.2, 0.25) is 10.0 Å². The molecule has 0 heterocycles. The summed E-state index contributed by atoms with van der Waals surface area (Å²) in [5, 5.41) is 2.87. The van der Waals surface area contributed by atoms with Gasteiger partial charge < -0.3 is 10.1 Å². The first-order valence-corrected chi connectivity index (χ1v) is 9.63. The van der Waals surface area contributed by atoms with Gasteiger partial charge in [0.05, 0.1) is 7.11 Å². The fourth-order valence-corrected chi connectivity index (χ4v) is 3.60. The molecule has 2 aromatic carbocycles. The number of hydrogen-bond donors (Lipinski definition) is 1. The normalized spacial score (nSPS) is 11.7. The maximum atomic E-state index is 12.7. The van der Waals surface area contributed by atoms with Crippen molar-refractivity contribution in [2.24, 2.45) is 0 Å². The van der Waals surface area contributed by atoms with Crippen molar-refractivity contribution in [1.29, 1.82) is 0 Å². The summed E-state index contributed by atoms with van der Waals surface area (Å²) >= 11 is 0. The number of rotatable bonds is 6. The van der Waals surface area contributed by atoms with E-state index in [9.17, 15) is 13.2 Å². The molecule has 26 heavy (non-hydrogen) atoms. The van der Waals surface area contributed by atoms with Crippen molar-refractivity contribution in [3.05, 3.63) is 53.6 Å². The molecule has 0 aliphatic heterocycles. The van der Waals surface area contributed by atoms with Crippen LogP contribution in [0.3, 0.4) is 0 Å². The molecule has 0 aliphatic carbocycles. The van der Waals surface area contributed by atoms with E-state index in [1.165, 1.54) is 33.3 Å². The maximum absolute atomic E-state index is 12.7. The summed E-state index contributed by atoms with van der Waals surface area (Å²) in [5.74, 6) is 0.0563. The third-order valence-electron chi connectivity index (χ3n) is 4.02. The molecule has 0 aromatic heterocycles. The van der Waals surface area contributed by atoms with Crippen LogP contribution in [0.4, 0.5) is 5.69 Å². The van der Waals surface area contributed by atoms with Crippen molar-refractivity contribution in [2.75, 3.05) is 26.5 Å². The molecule has 0 aliphatic rings. The van der Waals surface area contributed by atoms with Crippen molar-refractivity contribution in [2.45, 2.75) is 24.7 Å². The van der Waals surface area contributed by atoms with Gasteiger partial charge in [-0.3, -0.25) is 4.79 Å². The summed E-state index contributed by atoms with van der Waals surface area (Å²) in [6.07, 6.45) is 0. The molecule has 0 radical (unpaired) electrons. The number of sulfonamides is 1. The highest BCUT2D eigenvalue weighted by atomic mass is 32.2. The van der Waals surface area contributed by atoms with Gasteiger partial charge in [-0.15, -0.1) is 0 Å². The van der Waals surface area contributed by atoms with Crippen molar-refractivity contribution in [3.8, 4) is 5.75 Å². The molecule has 0 atom stereocenters. The number of methoxy groups -OCH3 is 1. The third-order valence-corrected chi connectivity index (χ3v) is 5.85. The van der Waals surface area contributed by atoms with Gasteiger partial charge in [-0.1, -0.05) is 32.0 Å². The summed E-state index contributed by atoms with van der Waals surface area (Å²) in [4.78, 5) is 12.6. The second-order valence-electron chi connectivity index (χ2n) is 6.35. The molecule has 6 nitrogen and oxygen atoms in total. The molecular formula is C19H24N2O4S. The van der Waals surface area contributed by atoms with E-state index in [1.807, 2.05) is 38.1 Å². The molecular weight excluding hydrogens is 352 g/mol. The minimum absolute atomic E-state index is 0.0465. The number of carbonyl (C=O) groups excluding carboxylic acids is 1. The zero-order chi connectivity index (χ0) is 19.5. The Morgan fingerprint density at radius 1 is 1.12 bits per heavy atom. The molecule has 0 saturated heterocycles. The Balaban J connectivity index is 2.43. The number of anilines is 1. The first-order valence-electron chi connectivity index (χ1n) is 8.19. The highest BCUT2D eigenvalue weighted by molar-refractivity contribution is 7.89. The molecule has 0 spiro atoms. The summed E-state index contributed by atoms with van der Waals surface area (Å²) in [5.41, 5.74) is 1.96. The number of hydrogen-bond acceptors (Lipinski definition) is 4. The van der Waals surface area contributed by atoms with E-state index in [4.69, 9.17) is 4.74 Å². The molecule has 7 heteroatoms. The first-order chi connectivity index (χ1) is 12.2. The number of para-hydroxylation sites is 1. The summed E-state index contributed by atoms with van der Waals surface area (Å²) in [7, 11) is 0.512. The number of benzene rings is 2. The van der Waals surface area contributed by atoms with Gasteiger partial charge in [0.1, 0.15) is 10.6 Å². The average Bonchev–Trinajstić information content (AvgIpc) is 2.61. The van der Waals surface area contributed by atoms with E-state index in [0.717, 1.165) is 9.87 Å². The van der Waals surface area contributed by atoms with Crippen LogP contribution in [-0.4, -0.2) is 39.8 Å². The lowest BCUT2D eigenvalue weighted by atomic mass is 10.0. The number of nitrogens with one attached hydrogen (secondary N) is 1. The lowest BCUT2D eigenvalue weighted by molar-refractivity contribution is 0.102. The molecule has 140 valence electrons. The topological polar surface area (TPSA) is 75.7 Å². The molecule has 1 N–H and O–H groups in total. The number of nitrogens with zero attached hydrogens (tertiary/aromatic N) is 1. The summed E-state index contributed by atoms with van der Waals surface area (Å²) in [6.45, 7) is 4.08. The molecule has 0 saturated carbocycles. The number of amides is 1. The number of ether oxygens (including phenoxy) is 1. The van der Waals surface area contributed by atoms with Crippen LogP contribution in [0, 0.1) is 0 Å². The van der Waals surface area contributed by atoms with Crippen molar-refractivity contribution >= 4 is 21.6 Å². The van der Waals surface area contributed by atoms with Crippen molar-refractivity contribution in [1.82, 2.24) is 4.31 Å². The largest absolute Gasteiger partial charge is 0.495 e. The van der Waals surface area contributed by atoms with E-state index >= 15 is 0 Å². The first kappa shape index (κ1) is 19.9. The predicted molar refractivity (Wildman–Crippen MR) is 102 cm³/mol. The van der Waals surface area contributed by atoms with Crippen LogP contribution in [0.25, 0.3) is 0 Å². The molecule has 2 aromatic rings. The Labute approximate surface area is 154 Å². The van der Waals surface area contributed by atoms with Crippen LogP contribution in [0.15, 0.2) is 47.4 Å². The fourth-order valence-electron chi connectivity index (χ4n) is 2.53. The zero-order valence-corrected chi connectivity index (χ0v) is 16.4. The van der Waals surface area contributed by atoms with Crippen molar-refractivity contribution < 1.29 is 17.9 Å². The van der Waals surface area contributed by atoms with Crippen LogP contribution < -0.4 is 10.1 Å². The van der Waals surface area contributed by atoms with E-state index in [2.05, 4.69) is 5.32 Å². The molecule has 0 unspecified atom stereocenters. The summed E-state index contributed by atoms with van der Waals surface area (Å²) < 4.78 is 31.2. The number of carbonyl (C=O) groups is 1. The highest BCUT2D eigenvalue weighted by Crippen LogP contribution is 2.28. The lowest BCUT2D eigenvalue weighted by Gasteiger charge is -2.16. The standard InChI is InChI=1S/C19H24N2O4S/c1-13(2)15-8-6-7-9-16(15)20-19(22)14-10-11-17(25-5)18(12-14)26(23,24)21(3)4/h6-13H,1-5H3,(H,20,22). The van der Waals surface area contributed by atoms with E-state index in [-0.39, 0.29) is 28.0 Å². The lowest BCUT2D eigenvalue weighted by Crippen LogP contribution is -2.23. The van der Waals surface area contributed by atoms with Gasteiger partial charge in [0.25, 0.3) is 5.91 Å². The van der Waals surface area contributed by atoms with E-state index < -0.39 is 10.0 Å². The van der Waals surface area contributed by atoms with Crippen LogP contribution in [0.1, 0.15) is 35.7 Å². The average molecular weight is 376 g/mol. The zero-order valence-electron chi connectivity index (χ0n) is 15.6. The van der Waals surface area contributed by atoms with Gasteiger partial charge in [-0.2, -0.15) is 0 Å². The van der Waals surface area contributed by atoms with E-state index in [1.54, 1.807) is 6.07 Å². The fraction of sp³-hybridized carbons (Fsp3) is 0.316. The van der Waals surface area contributed by atoms with Gasteiger partial charge in [0, 0.05) is 25.3 Å². The van der Waals surface area contributed by atoms with Crippen LogP contribution in [0.5, 0.6) is 5.75 Å². The minimum atomic E-state index is -3.74. The Morgan fingerprint density at radius 2 is 1.77 bits per heavy atom. The van der Waals surface area contributed by atoms with E-state index in [0.29, 0.717) is 5.69 Å². The molecule has 0 bridgehead atoms. The van der Waals surface area contributed by atoms with Crippen LogP contribution in [-0.2, 0) is 10.0 Å². The molecule has 2 rings (SSSR count). The second kappa shape index (κ2) is 7.88.